The van der Waals surface area contributed by atoms with E-state index in [9.17, 15) is 4.79 Å². The topological polar surface area (TPSA) is 69.2 Å². The summed E-state index contributed by atoms with van der Waals surface area (Å²) in [7, 11) is 0. The van der Waals surface area contributed by atoms with Crippen LogP contribution in [0.5, 0.6) is 0 Å². The molecule has 0 saturated carbocycles. The first-order valence-electron chi connectivity index (χ1n) is 10.1. The molecule has 0 aliphatic rings. The minimum atomic E-state index is -0.125. The predicted octanol–water partition coefficient (Wildman–Crippen LogP) is 5.94. The van der Waals surface area contributed by atoms with E-state index in [1.165, 1.54) is 52.6 Å². The number of hydrogen-bond acceptors (Lipinski definition) is 3. The Morgan fingerprint density at radius 2 is 1.72 bits per heavy atom. The van der Waals surface area contributed by atoms with E-state index >= 15 is 0 Å². The molecule has 1 N–H and O–H groups in total. The standard InChI is InChI=1S/C21H16N3.C5H8O2.Ir/c1-13-12-23-20(14(13)2)24-19-11-16-7-4-3-6-15(16)10-18(19)17-8-5-9-22-21(17)24;1-4(6)3-5(2)7;/h3-12H,1-2H3;3,6H,1-2H3;/q-1;;/b;4-3-;. The van der Waals surface area contributed by atoms with Gasteiger partial charge in [-0.3, -0.25) is 9.78 Å². The van der Waals surface area contributed by atoms with Crippen LogP contribution in [0.1, 0.15) is 25.0 Å². The van der Waals surface area contributed by atoms with Crippen molar-refractivity contribution in [3.8, 4) is 5.82 Å². The summed E-state index contributed by atoms with van der Waals surface area (Å²) < 4.78 is 2.19. The number of pyridine rings is 1. The summed E-state index contributed by atoms with van der Waals surface area (Å²) in [6.07, 6.45) is 4.95. The van der Waals surface area contributed by atoms with Gasteiger partial charge in [-0.2, -0.15) is 0 Å². The zero-order chi connectivity index (χ0) is 22.1. The molecular weight excluding hydrogens is 579 g/mol. The number of hydrogen-bond donors (Lipinski definition) is 1. The van der Waals surface area contributed by atoms with Crippen molar-refractivity contribution in [2.45, 2.75) is 27.7 Å². The molecule has 0 atom stereocenters. The first-order chi connectivity index (χ1) is 14.9. The smallest absolute Gasteiger partial charge is 0.155 e. The van der Waals surface area contributed by atoms with Gasteiger partial charge in [0.15, 0.2) is 5.78 Å². The van der Waals surface area contributed by atoms with E-state index in [1.807, 2.05) is 18.5 Å². The van der Waals surface area contributed by atoms with Crippen LogP contribution in [0.3, 0.4) is 0 Å². The van der Waals surface area contributed by atoms with Crippen molar-refractivity contribution in [2.75, 3.05) is 0 Å². The maximum absolute atomic E-state index is 10.0. The molecule has 3 heterocycles. The number of rotatable bonds is 2. The molecule has 0 fully saturated rings. The van der Waals surface area contributed by atoms with Gasteiger partial charge in [-0.1, -0.05) is 48.2 Å². The molecule has 6 heteroatoms. The summed E-state index contributed by atoms with van der Waals surface area (Å²) in [5, 5.41) is 13.2. The van der Waals surface area contributed by atoms with Crippen LogP contribution in [0.25, 0.3) is 38.5 Å². The Balaban J connectivity index is 0.000000318. The zero-order valence-electron chi connectivity index (χ0n) is 18.4. The van der Waals surface area contributed by atoms with Crippen LogP contribution < -0.4 is 4.98 Å². The fourth-order valence-corrected chi connectivity index (χ4v) is 3.79. The van der Waals surface area contributed by atoms with Crippen LogP contribution in [-0.4, -0.2) is 20.4 Å². The van der Waals surface area contributed by atoms with Gasteiger partial charge in [0.05, 0.1) is 11.4 Å². The van der Waals surface area contributed by atoms with Crippen molar-refractivity contribution < 1.29 is 30.0 Å². The van der Waals surface area contributed by atoms with E-state index in [4.69, 9.17) is 5.11 Å². The number of aliphatic hydroxyl groups excluding tert-OH is 1. The Kier molecular flexibility index (Phi) is 6.97. The molecule has 0 aliphatic carbocycles. The van der Waals surface area contributed by atoms with E-state index in [2.05, 4.69) is 70.8 Å². The Morgan fingerprint density at radius 1 is 1.03 bits per heavy atom. The van der Waals surface area contributed by atoms with Gasteiger partial charge >= 0.3 is 0 Å². The molecule has 0 aliphatic heterocycles. The number of allylic oxidation sites excluding steroid dienone is 2. The Hall–Kier alpha value is -3.21. The second-order valence-electron chi connectivity index (χ2n) is 7.71. The molecule has 3 aromatic heterocycles. The molecule has 0 spiro atoms. The van der Waals surface area contributed by atoms with Gasteiger partial charge in [-0.15, -0.1) is 0 Å². The maximum atomic E-state index is 10.0. The van der Waals surface area contributed by atoms with Crippen molar-refractivity contribution in [3.05, 3.63) is 83.9 Å². The van der Waals surface area contributed by atoms with Crippen LogP contribution in [0.2, 0.25) is 0 Å². The van der Waals surface area contributed by atoms with Gasteiger partial charge in [0.25, 0.3) is 0 Å². The van der Waals surface area contributed by atoms with Gasteiger partial charge in [-0.05, 0) is 72.9 Å². The molecule has 0 saturated heterocycles. The third-order valence-corrected chi connectivity index (χ3v) is 5.32. The molecule has 0 amide bonds. The van der Waals surface area contributed by atoms with E-state index < -0.39 is 0 Å². The molecule has 2 aromatic carbocycles. The quantitative estimate of drug-likeness (QED) is 0.201. The summed E-state index contributed by atoms with van der Waals surface area (Å²) in [6, 6.07) is 17.1. The Bertz CT molecular complexity index is 1460. The van der Waals surface area contributed by atoms with E-state index in [-0.39, 0.29) is 31.6 Å². The largest absolute Gasteiger partial charge is 0.512 e. The molecule has 0 unspecified atom stereocenters. The zero-order valence-corrected chi connectivity index (χ0v) is 20.8. The Morgan fingerprint density at radius 3 is 2.28 bits per heavy atom. The van der Waals surface area contributed by atoms with Gasteiger partial charge in [0, 0.05) is 37.8 Å². The van der Waals surface area contributed by atoms with Gasteiger partial charge in [0.2, 0.25) is 0 Å². The number of fused-ring (bicyclic) bond motifs is 4. The maximum Gasteiger partial charge on any atom is 0.155 e. The number of nitrogens with zero attached hydrogens (tertiary/aromatic N) is 3. The summed E-state index contributed by atoms with van der Waals surface area (Å²) in [6.45, 7) is 7.07. The molecular formula is C26H24IrN3O2-. The number of benzene rings is 2. The molecule has 1 radical (unpaired) electrons. The second-order valence-corrected chi connectivity index (χ2v) is 7.71. The van der Waals surface area contributed by atoms with E-state index in [1.54, 1.807) is 0 Å². The van der Waals surface area contributed by atoms with Crippen LogP contribution >= 0.6 is 0 Å². The van der Waals surface area contributed by atoms with Crippen LogP contribution in [0, 0.1) is 13.8 Å². The third-order valence-electron chi connectivity index (χ3n) is 5.32. The normalized spacial score (nSPS) is 11.3. The number of carbonyl (C=O) groups excluding carboxylic acids is 1. The SMILES string of the molecule is CC(=O)/C=C(/C)O.Cc1c[n-]c(-n2c3cc4ccccc4cc3c3cccnc32)c1C.[Ir]. The number of carbonyl (C=O) groups is 1. The average molecular weight is 603 g/mol. The predicted molar refractivity (Wildman–Crippen MR) is 126 cm³/mol. The summed E-state index contributed by atoms with van der Waals surface area (Å²) >= 11 is 0. The summed E-state index contributed by atoms with van der Waals surface area (Å²) in [4.78, 5) is 19.3. The monoisotopic (exact) mass is 603 g/mol. The van der Waals surface area contributed by atoms with Crippen molar-refractivity contribution in [1.82, 2.24) is 14.5 Å². The van der Waals surface area contributed by atoms with E-state index in [0.717, 1.165) is 17.0 Å². The van der Waals surface area contributed by atoms with Crippen LogP contribution in [0.15, 0.2) is 72.8 Å². The minimum Gasteiger partial charge on any atom is -0.512 e. The fraction of sp³-hybridized carbons (Fsp3) is 0.154. The van der Waals surface area contributed by atoms with Crippen LogP contribution in [-0.2, 0) is 24.9 Å². The summed E-state index contributed by atoms with van der Waals surface area (Å²) in [5.74, 6) is 0.911. The third kappa shape index (κ3) is 4.38. The molecule has 32 heavy (non-hydrogen) atoms. The van der Waals surface area contributed by atoms with Crippen molar-refractivity contribution >= 4 is 38.5 Å². The second kappa shape index (κ2) is 9.51. The number of aryl methyl sites for hydroxylation is 1. The minimum absolute atomic E-state index is 0. The fourth-order valence-electron chi connectivity index (χ4n) is 3.79. The van der Waals surface area contributed by atoms with E-state index in [0.29, 0.717) is 0 Å². The molecule has 5 rings (SSSR count). The number of aromatic nitrogens is 3. The van der Waals surface area contributed by atoms with Crippen LogP contribution in [0.4, 0.5) is 0 Å². The first kappa shape index (κ1) is 23.5. The van der Waals surface area contributed by atoms with Crippen molar-refractivity contribution in [2.24, 2.45) is 0 Å². The Labute approximate surface area is 200 Å². The van der Waals surface area contributed by atoms with Gasteiger partial charge < -0.3 is 14.7 Å². The van der Waals surface area contributed by atoms with Gasteiger partial charge in [0.1, 0.15) is 0 Å². The van der Waals surface area contributed by atoms with Crippen molar-refractivity contribution in [1.29, 1.82) is 0 Å². The van der Waals surface area contributed by atoms with Crippen molar-refractivity contribution in [3.63, 3.8) is 0 Å². The molecule has 0 bridgehead atoms. The molecule has 165 valence electrons. The molecule has 5 aromatic rings. The summed E-state index contributed by atoms with van der Waals surface area (Å²) in [5.41, 5.74) is 4.52. The number of aliphatic hydroxyl groups is 1. The number of ketones is 1. The first-order valence-corrected chi connectivity index (χ1v) is 10.1. The molecule has 5 nitrogen and oxygen atoms in total. The van der Waals surface area contributed by atoms with Gasteiger partial charge in [-0.25, -0.2) is 0 Å². The average Bonchev–Trinajstić information content (AvgIpc) is 3.22.